The van der Waals surface area contributed by atoms with Gasteiger partial charge in [-0.2, -0.15) is 0 Å². The van der Waals surface area contributed by atoms with E-state index in [9.17, 15) is 0 Å². The number of hydrogen-bond donors (Lipinski definition) is 1. The molecule has 0 aromatic heterocycles. The minimum Gasteiger partial charge on any atom is -0.371 e. The fourth-order valence-corrected chi connectivity index (χ4v) is 2.51. The highest BCUT2D eigenvalue weighted by atomic mass is 16.6. The van der Waals surface area contributed by atoms with Gasteiger partial charge in [0.15, 0.2) is 0 Å². The lowest BCUT2D eigenvalue weighted by atomic mass is 9.87. The first-order valence-corrected chi connectivity index (χ1v) is 6.68. The molecule has 0 spiro atoms. The third-order valence-electron chi connectivity index (χ3n) is 3.72. The number of rotatable bonds is 3. The second-order valence-corrected chi connectivity index (χ2v) is 6.23. The molecule has 1 aromatic carbocycles. The van der Waals surface area contributed by atoms with Crippen LogP contribution in [0.4, 0.5) is 5.69 Å². The monoisotopic (exact) mass is 248 g/mol. The van der Waals surface area contributed by atoms with Crippen LogP contribution in [0.5, 0.6) is 0 Å². The molecule has 0 amide bonds. The van der Waals surface area contributed by atoms with E-state index in [1.54, 1.807) is 0 Å². The van der Waals surface area contributed by atoms with Crippen molar-refractivity contribution in [1.29, 1.82) is 0 Å². The zero-order valence-corrected chi connectivity index (χ0v) is 11.6. The fraction of sp³-hybridized carbons (Fsp3) is 0.600. The third kappa shape index (κ3) is 3.03. The van der Waals surface area contributed by atoms with Crippen LogP contribution in [0.2, 0.25) is 0 Å². The van der Waals surface area contributed by atoms with E-state index < -0.39 is 0 Å². The van der Waals surface area contributed by atoms with Crippen LogP contribution in [0.1, 0.15) is 32.8 Å². The molecule has 18 heavy (non-hydrogen) atoms. The topological polar surface area (TPSA) is 38.5 Å². The van der Waals surface area contributed by atoms with E-state index in [1.807, 2.05) is 0 Å². The molecule has 2 N–H and O–H groups in total. The lowest BCUT2D eigenvalue weighted by molar-refractivity contribution is 0.108. The van der Waals surface area contributed by atoms with E-state index in [2.05, 4.69) is 49.9 Å². The average molecular weight is 248 g/mol. The molecule has 0 bridgehead atoms. The first-order chi connectivity index (χ1) is 8.50. The van der Waals surface area contributed by atoms with Crippen LogP contribution in [0.25, 0.3) is 0 Å². The molecule has 1 saturated heterocycles. The van der Waals surface area contributed by atoms with Crippen LogP contribution in [-0.4, -0.2) is 19.7 Å². The van der Waals surface area contributed by atoms with Gasteiger partial charge in [0.25, 0.3) is 0 Å². The highest BCUT2D eigenvalue weighted by Gasteiger charge is 2.23. The van der Waals surface area contributed by atoms with Crippen molar-refractivity contribution in [2.75, 3.05) is 24.6 Å². The van der Waals surface area contributed by atoms with Crippen LogP contribution in [0.3, 0.4) is 0 Å². The average Bonchev–Trinajstić information content (AvgIpc) is 2.77. The molecular formula is C15H24N2O. The number of nitrogens with zero attached hydrogens (tertiary/aromatic N) is 1. The summed E-state index contributed by atoms with van der Waals surface area (Å²) in [5, 5.41) is 0. The molecule has 1 aliphatic heterocycles. The van der Waals surface area contributed by atoms with Crippen molar-refractivity contribution < 1.29 is 4.84 Å². The van der Waals surface area contributed by atoms with Crippen molar-refractivity contribution >= 4 is 5.69 Å². The highest BCUT2D eigenvalue weighted by Crippen LogP contribution is 2.27. The van der Waals surface area contributed by atoms with Gasteiger partial charge >= 0.3 is 0 Å². The maximum Gasteiger partial charge on any atom is 0.0724 e. The van der Waals surface area contributed by atoms with Crippen LogP contribution < -0.4 is 10.8 Å². The predicted molar refractivity (Wildman–Crippen MR) is 75.6 cm³/mol. The van der Waals surface area contributed by atoms with E-state index in [0.717, 1.165) is 19.5 Å². The smallest absolute Gasteiger partial charge is 0.0724 e. The van der Waals surface area contributed by atoms with E-state index in [-0.39, 0.29) is 5.41 Å². The Morgan fingerprint density at radius 2 is 1.94 bits per heavy atom. The summed E-state index contributed by atoms with van der Waals surface area (Å²) in [6, 6.07) is 8.93. The molecule has 0 saturated carbocycles. The van der Waals surface area contributed by atoms with Gasteiger partial charge in [0, 0.05) is 24.7 Å². The maximum absolute atomic E-state index is 5.14. The normalized spacial score (nSPS) is 20.4. The molecule has 100 valence electrons. The summed E-state index contributed by atoms with van der Waals surface area (Å²) in [7, 11) is 0. The molecule has 3 nitrogen and oxygen atoms in total. The number of nitrogens with two attached hydrogens (primary N) is 1. The predicted octanol–water partition coefficient (Wildman–Crippen LogP) is 2.70. The highest BCUT2D eigenvalue weighted by molar-refractivity contribution is 5.49. The Bertz CT molecular complexity index is 380. The number of anilines is 1. The summed E-state index contributed by atoms with van der Waals surface area (Å²) >= 11 is 0. The molecule has 0 aliphatic carbocycles. The molecule has 1 aromatic rings. The van der Waals surface area contributed by atoms with Crippen molar-refractivity contribution in [1.82, 2.24) is 0 Å². The zero-order valence-electron chi connectivity index (χ0n) is 11.6. The van der Waals surface area contributed by atoms with Gasteiger partial charge in [-0.15, -0.1) is 0 Å². The third-order valence-corrected chi connectivity index (χ3v) is 3.72. The molecular weight excluding hydrogens is 224 g/mol. The quantitative estimate of drug-likeness (QED) is 0.836. The first-order valence-electron chi connectivity index (χ1n) is 6.68. The van der Waals surface area contributed by atoms with Crippen molar-refractivity contribution in [2.45, 2.75) is 32.6 Å². The van der Waals surface area contributed by atoms with Gasteiger partial charge in [0.1, 0.15) is 0 Å². The summed E-state index contributed by atoms with van der Waals surface area (Å²) < 4.78 is 0. The van der Waals surface area contributed by atoms with Gasteiger partial charge in [0.2, 0.25) is 0 Å². The summed E-state index contributed by atoms with van der Waals surface area (Å²) in [6.07, 6.45) is 1.16. The zero-order chi connectivity index (χ0) is 13.2. The van der Waals surface area contributed by atoms with Gasteiger partial charge < -0.3 is 9.74 Å². The van der Waals surface area contributed by atoms with E-state index in [0.29, 0.717) is 12.5 Å². The minimum atomic E-state index is 0.222. The SMILES string of the molecule is CC(C)(C)c1ccc(N2CCC(CON)C2)cc1. The molecule has 1 fully saturated rings. The van der Waals surface area contributed by atoms with Crippen molar-refractivity contribution in [2.24, 2.45) is 11.8 Å². The van der Waals surface area contributed by atoms with E-state index in [1.165, 1.54) is 11.3 Å². The van der Waals surface area contributed by atoms with E-state index in [4.69, 9.17) is 10.7 Å². The lowest BCUT2D eigenvalue weighted by Gasteiger charge is -2.22. The Hall–Kier alpha value is -1.06. The summed E-state index contributed by atoms with van der Waals surface area (Å²) in [5.41, 5.74) is 2.91. The largest absolute Gasteiger partial charge is 0.371 e. The standard InChI is InChI=1S/C15H24N2O/c1-15(2,3)13-4-6-14(7-5-13)17-9-8-12(10-17)11-18-16/h4-7,12H,8-11,16H2,1-3H3. The molecule has 3 heteroatoms. The first kappa shape index (κ1) is 13.4. The Kier molecular flexibility index (Phi) is 3.93. The molecule has 0 radical (unpaired) electrons. The van der Waals surface area contributed by atoms with Crippen molar-refractivity contribution in [3.63, 3.8) is 0 Å². The van der Waals surface area contributed by atoms with Crippen LogP contribution >= 0.6 is 0 Å². The minimum absolute atomic E-state index is 0.222. The maximum atomic E-state index is 5.14. The van der Waals surface area contributed by atoms with Gasteiger partial charge in [-0.1, -0.05) is 32.9 Å². The molecule has 1 atom stereocenters. The number of benzene rings is 1. The van der Waals surface area contributed by atoms with Crippen molar-refractivity contribution in [3.05, 3.63) is 29.8 Å². The molecule has 1 heterocycles. The summed E-state index contributed by atoms with van der Waals surface area (Å²) in [5.74, 6) is 5.71. The summed E-state index contributed by atoms with van der Waals surface area (Å²) in [4.78, 5) is 7.16. The van der Waals surface area contributed by atoms with Gasteiger partial charge in [-0.25, -0.2) is 5.90 Å². The fourth-order valence-electron chi connectivity index (χ4n) is 2.51. The van der Waals surface area contributed by atoms with Crippen LogP contribution in [-0.2, 0) is 10.3 Å². The van der Waals surface area contributed by atoms with Gasteiger partial charge in [-0.3, -0.25) is 0 Å². The second kappa shape index (κ2) is 5.29. The number of hydrogen-bond acceptors (Lipinski definition) is 3. The van der Waals surface area contributed by atoms with Gasteiger partial charge in [-0.05, 0) is 29.5 Å². The molecule has 1 aliphatic rings. The van der Waals surface area contributed by atoms with E-state index >= 15 is 0 Å². The second-order valence-electron chi connectivity index (χ2n) is 6.23. The Labute approximate surface area is 110 Å². The Morgan fingerprint density at radius 3 is 2.50 bits per heavy atom. The lowest BCUT2D eigenvalue weighted by Crippen LogP contribution is -2.22. The van der Waals surface area contributed by atoms with Crippen LogP contribution in [0, 0.1) is 5.92 Å². The Morgan fingerprint density at radius 1 is 1.28 bits per heavy atom. The Balaban J connectivity index is 2.03. The molecule has 2 rings (SSSR count). The molecule has 1 unspecified atom stereocenters. The van der Waals surface area contributed by atoms with Crippen molar-refractivity contribution in [3.8, 4) is 0 Å². The van der Waals surface area contributed by atoms with Crippen LogP contribution in [0.15, 0.2) is 24.3 Å². The summed E-state index contributed by atoms with van der Waals surface area (Å²) in [6.45, 7) is 9.54. The van der Waals surface area contributed by atoms with Gasteiger partial charge in [0.05, 0.1) is 6.61 Å².